The number of H-pyrrole nitrogens is 1. The van der Waals surface area contributed by atoms with Gasteiger partial charge < -0.3 is 16.5 Å². The molecule has 0 saturated heterocycles. The van der Waals surface area contributed by atoms with E-state index in [9.17, 15) is 0 Å². The van der Waals surface area contributed by atoms with Crippen LogP contribution < -0.4 is 11.5 Å². The summed E-state index contributed by atoms with van der Waals surface area (Å²) in [7, 11) is 0. The van der Waals surface area contributed by atoms with Crippen LogP contribution in [0, 0.1) is 0 Å². The van der Waals surface area contributed by atoms with Gasteiger partial charge in [0.2, 0.25) is 5.95 Å². The number of rotatable bonds is 1. The first-order valence-electron chi connectivity index (χ1n) is 5.19. The highest BCUT2D eigenvalue weighted by atomic mass is 15.0. The number of anilines is 2. The van der Waals surface area contributed by atoms with Gasteiger partial charge in [-0.2, -0.15) is 4.98 Å². The van der Waals surface area contributed by atoms with E-state index in [-0.39, 0.29) is 5.95 Å². The quantitative estimate of drug-likeness (QED) is 0.588. The average molecular weight is 225 g/mol. The van der Waals surface area contributed by atoms with E-state index in [0.29, 0.717) is 5.82 Å². The zero-order valence-corrected chi connectivity index (χ0v) is 9.01. The normalized spacial score (nSPS) is 10.8. The van der Waals surface area contributed by atoms with Gasteiger partial charge in [0.15, 0.2) is 0 Å². The highest BCUT2D eigenvalue weighted by Crippen LogP contribution is 2.27. The minimum atomic E-state index is 0.189. The Balaban J connectivity index is 2.19. The van der Waals surface area contributed by atoms with Crippen molar-refractivity contribution in [3.8, 4) is 11.1 Å². The number of fused-ring (bicyclic) bond motifs is 1. The zero-order chi connectivity index (χ0) is 11.8. The van der Waals surface area contributed by atoms with E-state index in [0.717, 1.165) is 22.0 Å². The molecule has 0 radical (unpaired) electrons. The van der Waals surface area contributed by atoms with Crippen molar-refractivity contribution < 1.29 is 0 Å². The number of nitrogen functional groups attached to an aromatic ring is 2. The van der Waals surface area contributed by atoms with Gasteiger partial charge in [0.1, 0.15) is 5.82 Å². The van der Waals surface area contributed by atoms with Crippen molar-refractivity contribution >= 4 is 22.7 Å². The first-order valence-corrected chi connectivity index (χ1v) is 5.19. The largest absolute Gasteiger partial charge is 0.383 e. The summed E-state index contributed by atoms with van der Waals surface area (Å²) in [5, 5.41) is 1.12. The maximum absolute atomic E-state index is 5.83. The van der Waals surface area contributed by atoms with Gasteiger partial charge in [0.25, 0.3) is 0 Å². The van der Waals surface area contributed by atoms with E-state index in [1.54, 1.807) is 6.20 Å². The van der Waals surface area contributed by atoms with Gasteiger partial charge in [-0.25, -0.2) is 4.98 Å². The van der Waals surface area contributed by atoms with Crippen molar-refractivity contribution in [1.29, 1.82) is 0 Å². The van der Waals surface area contributed by atoms with Crippen molar-refractivity contribution in [3.05, 3.63) is 36.7 Å². The molecule has 0 aliphatic rings. The second kappa shape index (κ2) is 3.48. The summed E-state index contributed by atoms with van der Waals surface area (Å²) in [5.41, 5.74) is 14.2. The Morgan fingerprint density at radius 2 is 2.00 bits per heavy atom. The van der Waals surface area contributed by atoms with Crippen molar-refractivity contribution in [2.24, 2.45) is 0 Å². The number of nitrogens with two attached hydrogens (primary N) is 2. The summed E-state index contributed by atoms with van der Waals surface area (Å²) in [6, 6.07) is 8.02. The summed E-state index contributed by atoms with van der Waals surface area (Å²) in [5.74, 6) is 0.585. The average Bonchev–Trinajstić information content (AvgIpc) is 2.75. The summed E-state index contributed by atoms with van der Waals surface area (Å²) < 4.78 is 0. The lowest BCUT2D eigenvalue weighted by Gasteiger charge is -2.05. The Hall–Kier alpha value is -2.56. The third-order valence-electron chi connectivity index (χ3n) is 2.70. The predicted molar refractivity (Wildman–Crippen MR) is 68.1 cm³/mol. The van der Waals surface area contributed by atoms with E-state index in [1.807, 2.05) is 30.5 Å². The van der Waals surface area contributed by atoms with Crippen LogP contribution in [0.4, 0.5) is 11.8 Å². The molecule has 0 aliphatic heterocycles. The Morgan fingerprint density at radius 3 is 2.82 bits per heavy atom. The van der Waals surface area contributed by atoms with Crippen LogP contribution in [0.25, 0.3) is 22.0 Å². The van der Waals surface area contributed by atoms with Gasteiger partial charge in [-0.3, -0.25) is 0 Å². The molecule has 17 heavy (non-hydrogen) atoms. The Kier molecular flexibility index (Phi) is 1.98. The molecule has 1 aromatic carbocycles. The molecule has 5 nitrogen and oxygen atoms in total. The summed E-state index contributed by atoms with van der Waals surface area (Å²) in [4.78, 5) is 11.1. The third-order valence-corrected chi connectivity index (χ3v) is 2.70. The molecule has 3 rings (SSSR count). The molecule has 2 heterocycles. The highest BCUT2D eigenvalue weighted by molar-refractivity contribution is 5.86. The van der Waals surface area contributed by atoms with Gasteiger partial charge in [-0.15, -0.1) is 0 Å². The molecule has 0 fully saturated rings. The molecule has 5 N–H and O–H groups in total. The van der Waals surface area contributed by atoms with E-state index >= 15 is 0 Å². The minimum absolute atomic E-state index is 0.189. The molecule has 0 atom stereocenters. The number of benzene rings is 1. The van der Waals surface area contributed by atoms with Crippen LogP contribution in [0.15, 0.2) is 36.7 Å². The molecule has 0 aliphatic carbocycles. The van der Waals surface area contributed by atoms with E-state index < -0.39 is 0 Å². The van der Waals surface area contributed by atoms with Gasteiger partial charge in [0, 0.05) is 23.5 Å². The summed E-state index contributed by atoms with van der Waals surface area (Å²) >= 11 is 0. The smallest absolute Gasteiger partial charge is 0.221 e. The van der Waals surface area contributed by atoms with E-state index in [2.05, 4.69) is 15.0 Å². The fraction of sp³-hybridized carbons (Fsp3) is 0. The van der Waals surface area contributed by atoms with Gasteiger partial charge in [-0.05, 0) is 29.1 Å². The number of nitrogens with one attached hydrogen (secondary N) is 1. The lowest BCUT2D eigenvalue weighted by Crippen LogP contribution is -2.00. The number of aromatic nitrogens is 3. The molecule has 3 aromatic rings. The molecule has 2 aromatic heterocycles. The van der Waals surface area contributed by atoms with Gasteiger partial charge >= 0.3 is 0 Å². The fourth-order valence-electron chi connectivity index (χ4n) is 1.85. The lowest BCUT2D eigenvalue weighted by atomic mass is 10.1. The standard InChI is InChI=1S/C12H11N5/c13-11-9(6-16-12(14)17-11)7-1-2-10-8(5-7)3-4-15-10/h1-6,15H,(H4,13,14,16,17). The lowest BCUT2D eigenvalue weighted by molar-refractivity contribution is 1.20. The maximum Gasteiger partial charge on any atom is 0.221 e. The fourth-order valence-corrected chi connectivity index (χ4v) is 1.85. The van der Waals surface area contributed by atoms with Crippen molar-refractivity contribution in [1.82, 2.24) is 15.0 Å². The third kappa shape index (κ3) is 1.57. The molecule has 0 bridgehead atoms. The molecule has 0 saturated carbocycles. The number of hydrogen-bond acceptors (Lipinski definition) is 4. The molecule has 0 unspecified atom stereocenters. The predicted octanol–water partition coefficient (Wildman–Crippen LogP) is 1.79. The van der Waals surface area contributed by atoms with Crippen LogP contribution in [0.1, 0.15) is 0 Å². The first-order chi connectivity index (χ1) is 8.24. The molecular formula is C12H11N5. The number of nitrogens with zero attached hydrogens (tertiary/aromatic N) is 2. The maximum atomic E-state index is 5.83. The first kappa shape index (κ1) is 9.65. The molecule has 0 spiro atoms. The van der Waals surface area contributed by atoms with Crippen LogP contribution in [0.5, 0.6) is 0 Å². The monoisotopic (exact) mass is 225 g/mol. The van der Waals surface area contributed by atoms with Gasteiger partial charge in [-0.1, -0.05) is 6.07 Å². The van der Waals surface area contributed by atoms with Crippen LogP contribution in [-0.2, 0) is 0 Å². The Labute approximate surface area is 97.5 Å². The molecular weight excluding hydrogens is 214 g/mol. The second-order valence-corrected chi connectivity index (χ2v) is 3.81. The number of aromatic amines is 1. The second-order valence-electron chi connectivity index (χ2n) is 3.81. The van der Waals surface area contributed by atoms with Crippen LogP contribution in [0.2, 0.25) is 0 Å². The van der Waals surface area contributed by atoms with Crippen molar-refractivity contribution in [2.75, 3.05) is 11.5 Å². The zero-order valence-electron chi connectivity index (χ0n) is 9.01. The van der Waals surface area contributed by atoms with Crippen molar-refractivity contribution in [2.45, 2.75) is 0 Å². The Morgan fingerprint density at radius 1 is 1.12 bits per heavy atom. The van der Waals surface area contributed by atoms with Crippen LogP contribution in [0.3, 0.4) is 0 Å². The number of hydrogen-bond donors (Lipinski definition) is 3. The Bertz CT molecular complexity index is 686. The SMILES string of the molecule is Nc1ncc(-c2ccc3[nH]ccc3c2)c(N)n1. The van der Waals surface area contributed by atoms with E-state index in [1.165, 1.54) is 0 Å². The van der Waals surface area contributed by atoms with Gasteiger partial charge in [0.05, 0.1) is 0 Å². The molecule has 84 valence electrons. The van der Waals surface area contributed by atoms with Crippen LogP contribution in [-0.4, -0.2) is 15.0 Å². The highest BCUT2D eigenvalue weighted by Gasteiger charge is 2.06. The minimum Gasteiger partial charge on any atom is -0.383 e. The van der Waals surface area contributed by atoms with Crippen LogP contribution >= 0.6 is 0 Å². The molecule has 0 amide bonds. The summed E-state index contributed by atoms with van der Waals surface area (Å²) in [6.07, 6.45) is 3.54. The van der Waals surface area contributed by atoms with E-state index in [4.69, 9.17) is 11.5 Å². The molecule has 5 heteroatoms. The topological polar surface area (TPSA) is 93.6 Å². The summed E-state index contributed by atoms with van der Waals surface area (Å²) in [6.45, 7) is 0. The van der Waals surface area contributed by atoms with Crippen molar-refractivity contribution in [3.63, 3.8) is 0 Å².